The van der Waals surface area contributed by atoms with Crippen molar-refractivity contribution in [1.82, 2.24) is 10.3 Å². The van der Waals surface area contributed by atoms with Gasteiger partial charge in [-0.15, -0.1) is 0 Å². The molecule has 140 valence electrons. The molecule has 1 saturated carbocycles. The maximum absolute atomic E-state index is 12.7. The van der Waals surface area contributed by atoms with Crippen LogP contribution in [0.2, 0.25) is 0 Å². The molecule has 0 saturated heterocycles. The Balaban J connectivity index is 1.58. The number of rotatable bonds is 5. The molecule has 1 heterocycles. The summed E-state index contributed by atoms with van der Waals surface area (Å²) in [6, 6.07) is 4.98. The van der Waals surface area contributed by atoms with Crippen LogP contribution in [0.25, 0.3) is 10.9 Å². The average Bonchev–Trinajstić information content (AvgIpc) is 2.95. The Labute approximate surface area is 152 Å². The van der Waals surface area contributed by atoms with Crippen LogP contribution in [-0.4, -0.2) is 35.1 Å². The number of H-pyrrole nitrogens is 1. The fourth-order valence-corrected chi connectivity index (χ4v) is 3.80. The van der Waals surface area contributed by atoms with E-state index in [4.69, 9.17) is 4.74 Å². The third kappa shape index (κ3) is 3.84. The van der Waals surface area contributed by atoms with Crippen molar-refractivity contribution in [3.63, 3.8) is 0 Å². The number of ether oxygens (including phenoxy) is 1. The van der Waals surface area contributed by atoms with Gasteiger partial charge in [0.2, 0.25) is 0 Å². The van der Waals surface area contributed by atoms with E-state index < -0.39 is 0 Å². The van der Waals surface area contributed by atoms with Crippen LogP contribution in [0.3, 0.4) is 0 Å². The first kappa shape index (κ1) is 18.3. The second kappa shape index (κ2) is 7.81. The molecule has 1 aliphatic carbocycles. The number of amides is 1. The number of fused-ring (bicyclic) bond motifs is 1. The lowest BCUT2D eigenvalue weighted by molar-refractivity contribution is -0.149. The number of hydrogen-bond acceptors (Lipinski definition) is 4. The Bertz CT molecular complexity index is 803. The summed E-state index contributed by atoms with van der Waals surface area (Å²) in [6.07, 6.45) is 3.47. The number of hydrogen-bond donors (Lipinski definition) is 3. The normalized spacial score (nSPS) is 20.1. The van der Waals surface area contributed by atoms with Gasteiger partial charge in [0.1, 0.15) is 5.75 Å². The van der Waals surface area contributed by atoms with Crippen molar-refractivity contribution in [2.24, 2.45) is 11.8 Å². The highest BCUT2D eigenvalue weighted by atomic mass is 16.5. The highest BCUT2D eigenvalue weighted by Gasteiger charge is 2.27. The highest BCUT2D eigenvalue weighted by molar-refractivity contribution is 6.08. The zero-order valence-corrected chi connectivity index (χ0v) is 15.3. The number of benzene rings is 1. The topological polar surface area (TPSA) is 91.4 Å². The number of phenolic OH excluding ortho intramolecular Hbond substituents is 1. The van der Waals surface area contributed by atoms with E-state index in [1.807, 2.05) is 13.8 Å². The molecule has 0 unspecified atom stereocenters. The predicted molar refractivity (Wildman–Crippen MR) is 99.1 cm³/mol. The van der Waals surface area contributed by atoms with Gasteiger partial charge in [0.05, 0.1) is 18.1 Å². The molecule has 0 spiro atoms. The van der Waals surface area contributed by atoms with Gasteiger partial charge in [-0.1, -0.05) is 0 Å². The third-order valence-corrected chi connectivity index (χ3v) is 5.21. The summed E-state index contributed by atoms with van der Waals surface area (Å²) in [6.45, 7) is 4.70. The number of esters is 1. The summed E-state index contributed by atoms with van der Waals surface area (Å²) < 4.78 is 5.09. The Hall–Kier alpha value is -2.50. The van der Waals surface area contributed by atoms with Gasteiger partial charge in [0.15, 0.2) is 0 Å². The van der Waals surface area contributed by atoms with E-state index in [-0.39, 0.29) is 23.5 Å². The monoisotopic (exact) mass is 358 g/mol. The molecule has 0 radical (unpaired) electrons. The van der Waals surface area contributed by atoms with Crippen LogP contribution in [0.15, 0.2) is 18.2 Å². The fraction of sp³-hybridized carbons (Fsp3) is 0.500. The first-order chi connectivity index (χ1) is 12.5. The number of aromatic nitrogens is 1. The summed E-state index contributed by atoms with van der Waals surface area (Å²) in [5.41, 5.74) is 2.20. The van der Waals surface area contributed by atoms with Gasteiger partial charge in [-0.2, -0.15) is 0 Å². The van der Waals surface area contributed by atoms with Crippen LogP contribution < -0.4 is 5.32 Å². The van der Waals surface area contributed by atoms with Crippen molar-refractivity contribution in [2.45, 2.75) is 39.5 Å². The molecule has 0 bridgehead atoms. The van der Waals surface area contributed by atoms with E-state index in [1.165, 1.54) is 0 Å². The summed E-state index contributed by atoms with van der Waals surface area (Å²) in [4.78, 5) is 27.6. The van der Waals surface area contributed by atoms with Gasteiger partial charge in [-0.3, -0.25) is 9.59 Å². The Morgan fingerprint density at radius 2 is 2.00 bits per heavy atom. The van der Waals surface area contributed by atoms with Crippen molar-refractivity contribution < 1.29 is 19.4 Å². The van der Waals surface area contributed by atoms with Gasteiger partial charge in [0.25, 0.3) is 5.91 Å². The quantitative estimate of drug-likeness (QED) is 0.715. The zero-order valence-electron chi connectivity index (χ0n) is 15.3. The lowest BCUT2D eigenvalue weighted by atomic mass is 9.82. The predicted octanol–water partition coefficient (Wildman–Crippen LogP) is 3.28. The minimum atomic E-state index is -0.133. The van der Waals surface area contributed by atoms with Gasteiger partial charge in [-0.25, -0.2) is 0 Å². The molecule has 3 N–H and O–H groups in total. The lowest BCUT2D eigenvalue weighted by Gasteiger charge is -2.27. The SMILES string of the molecule is CCOC(=O)[C@H]1CC[C@H](CNC(=O)c2c(C)[nH]c3ccc(O)cc23)CC1. The lowest BCUT2D eigenvalue weighted by Crippen LogP contribution is -2.33. The van der Waals surface area contributed by atoms with Crippen LogP contribution in [-0.2, 0) is 9.53 Å². The molecule has 3 rings (SSSR count). The van der Waals surface area contributed by atoms with Crippen LogP contribution in [0.5, 0.6) is 5.75 Å². The molecule has 1 aliphatic rings. The van der Waals surface area contributed by atoms with Crippen LogP contribution in [0.4, 0.5) is 0 Å². The van der Waals surface area contributed by atoms with Crippen molar-refractivity contribution in [1.29, 1.82) is 0 Å². The van der Waals surface area contributed by atoms with Gasteiger partial charge in [0, 0.05) is 23.1 Å². The van der Waals surface area contributed by atoms with E-state index in [2.05, 4.69) is 10.3 Å². The molecule has 26 heavy (non-hydrogen) atoms. The van der Waals surface area contributed by atoms with Crippen molar-refractivity contribution in [3.8, 4) is 5.75 Å². The maximum atomic E-state index is 12.7. The van der Waals surface area contributed by atoms with E-state index >= 15 is 0 Å². The third-order valence-electron chi connectivity index (χ3n) is 5.21. The van der Waals surface area contributed by atoms with Gasteiger partial charge >= 0.3 is 5.97 Å². The molecular weight excluding hydrogens is 332 g/mol. The van der Waals surface area contributed by atoms with Crippen LogP contribution in [0, 0.1) is 18.8 Å². The molecule has 0 atom stereocenters. The average molecular weight is 358 g/mol. The van der Waals surface area contributed by atoms with Gasteiger partial charge < -0.3 is 20.1 Å². The van der Waals surface area contributed by atoms with E-state index in [0.717, 1.165) is 42.3 Å². The van der Waals surface area contributed by atoms with Crippen molar-refractivity contribution in [2.75, 3.05) is 13.2 Å². The van der Waals surface area contributed by atoms with Gasteiger partial charge in [-0.05, 0) is 63.6 Å². The molecule has 0 aliphatic heterocycles. The number of carbonyl (C=O) groups is 2. The summed E-state index contributed by atoms with van der Waals surface area (Å²) >= 11 is 0. The number of phenols is 1. The second-order valence-corrected chi connectivity index (χ2v) is 7.03. The molecular formula is C20H26N2O4. The van der Waals surface area contributed by atoms with E-state index in [1.54, 1.807) is 18.2 Å². The van der Waals surface area contributed by atoms with Crippen molar-refractivity contribution in [3.05, 3.63) is 29.5 Å². The molecule has 1 aromatic heterocycles. The van der Waals surface area contributed by atoms with E-state index in [0.29, 0.717) is 24.6 Å². The minimum Gasteiger partial charge on any atom is -0.508 e. The Morgan fingerprint density at radius 1 is 1.27 bits per heavy atom. The largest absolute Gasteiger partial charge is 0.508 e. The molecule has 6 heteroatoms. The molecule has 1 fully saturated rings. The highest BCUT2D eigenvalue weighted by Crippen LogP contribution is 2.30. The number of carbonyl (C=O) groups excluding carboxylic acids is 2. The standard InChI is InChI=1S/C20H26N2O4/c1-3-26-20(25)14-6-4-13(5-7-14)11-21-19(24)18-12(2)22-17-9-8-15(23)10-16(17)18/h8-10,13-14,22-23H,3-7,11H2,1-2H3,(H,21,24)/t13-,14-. The number of nitrogens with one attached hydrogen (secondary N) is 2. The van der Waals surface area contributed by atoms with E-state index in [9.17, 15) is 14.7 Å². The van der Waals surface area contributed by atoms with Crippen molar-refractivity contribution >= 4 is 22.8 Å². The Kier molecular flexibility index (Phi) is 5.49. The number of aromatic hydroxyl groups is 1. The Morgan fingerprint density at radius 3 is 2.69 bits per heavy atom. The number of aromatic amines is 1. The second-order valence-electron chi connectivity index (χ2n) is 7.03. The summed E-state index contributed by atoms with van der Waals surface area (Å²) in [5.74, 6) is 0.295. The first-order valence-corrected chi connectivity index (χ1v) is 9.25. The smallest absolute Gasteiger partial charge is 0.308 e. The van der Waals surface area contributed by atoms with Crippen LogP contribution in [0.1, 0.15) is 48.7 Å². The van der Waals surface area contributed by atoms with Crippen LogP contribution >= 0.6 is 0 Å². The molecule has 1 aromatic carbocycles. The molecule has 1 amide bonds. The minimum absolute atomic E-state index is 0.000684. The number of aryl methyl sites for hydroxylation is 1. The summed E-state index contributed by atoms with van der Waals surface area (Å²) in [7, 11) is 0. The first-order valence-electron chi connectivity index (χ1n) is 9.25. The molecule has 6 nitrogen and oxygen atoms in total. The summed E-state index contributed by atoms with van der Waals surface area (Å²) in [5, 5.41) is 13.5. The zero-order chi connectivity index (χ0) is 18.7. The fourth-order valence-electron chi connectivity index (χ4n) is 3.80. The molecule has 2 aromatic rings. The maximum Gasteiger partial charge on any atom is 0.308 e.